The molecule has 0 aliphatic carbocycles. The Morgan fingerprint density at radius 3 is 1.00 bits per heavy atom. The van der Waals surface area contributed by atoms with Gasteiger partial charge < -0.3 is 0 Å². The van der Waals surface area contributed by atoms with Crippen molar-refractivity contribution in [1.82, 2.24) is 0 Å². The van der Waals surface area contributed by atoms with E-state index in [1.807, 2.05) is 9.03 Å². The zero-order valence-corrected chi connectivity index (χ0v) is 23.4. The van der Waals surface area contributed by atoms with Crippen molar-refractivity contribution in [2.45, 2.75) is 0 Å². The molecule has 0 saturated carbocycles. The van der Waals surface area contributed by atoms with Gasteiger partial charge >= 0.3 is 31.3 Å². The normalized spacial score (nSPS) is 29.3. The fraction of sp³-hybridized carbons (Fsp3) is 0. The van der Waals surface area contributed by atoms with E-state index in [1.165, 1.54) is 60.7 Å². The van der Waals surface area contributed by atoms with Crippen LogP contribution in [0.2, 0.25) is 0 Å². The zero-order chi connectivity index (χ0) is 28.0. The lowest BCUT2D eigenvalue weighted by molar-refractivity contribution is 0.693. The molecule has 0 N–H and O–H groups in total. The minimum absolute atomic E-state index is 0.104. The predicted octanol–water partition coefficient (Wildman–Crippen LogP) is 14.6. The number of halogens is 10. The van der Waals surface area contributed by atoms with Crippen molar-refractivity contribution in [3.8, 4) is 0 Å². The first-order valence-electron chi connectivity index (χ1n) is 9.76. The van der Waals surface area contributed by atoms with Gasteiger partial charge in [-0.05, 0) is 22.3 Å². The lowest BCUT2D eigenvalue weighted by Gasteiger charge is -2.20. The smallest absolute Gasteiger partial charge is 0.178 e. The third-order valence-corrected chi connectivity index (χ3v) is 16.5. The summed E-state index contributed by atoms with van der Waals surface area (Å²) >= 11 is 0. The number of allylic oxidation sites excluding steroid dienone is 2. The van der Waals surface area contributed by atoms with E-state index in [-0.39, 0.29) is 22.8 Å². The Kier molecular flexibility index (Phi) is 7.95. The Morgan fingerprint density at radius 1 is 0.421 bits per heavy atom. The summed E-state index contributed by atoms with van der Waals surface area (Å²) in [5.41, 5.74) is -1.41. The van der Waals surface area contributed by atoms with Crippen molar-refractivity contribution in [3.63, 3.8) is 0 Å². The third-order valence-electron chi connectivity index (χ3n) is 4.41. The molecule has 0 radical (unpaired) electrons. The van der Waals surface area contributed by atoms with E-state index in [1.54, 1.807) is 0 Å². The number of benzene rings is 2. The SMILES string of the molecule is FP1(F)=NP(F)(F)=NP(F)(/C=C(/C(=C/P2(F)=NP(F)(F)=NP(F)(F)=N2)c2ccccc2)c2ccccc2)=N1. The van der Waals surface area contributed by atoms with Crippen molar-refractivity contribution in [1.29, 1.82) is 0 Å². The molecule has 0 spiro atoms. The van der Waals surface area contributed by atoms with Gasteiger partial charge in [0.05, 0.1) is 0 Å². The van der Waals surface area contributed by atoms with Crippen LogP contribution < -0.4 is 0 Å². The topological polar surface area (TPSA) is 74.2 Å². The van der Waals surface area contributed by atoms with Crippen LogP contribution in [0.25, 0.3) is 11.1 Å². The first-order chi connectivity index (χ1) is 17.4. The average Bonchev–Trinajstić information content (AvgIpc) is 2.72. The molecule has 2 atom stereocenters. The van der Waals surface area contributed by atoms with Gasteiger partial charge in [0.25, 0.3) is 15.0 Å². The van der Waals surface area contributed by atoms with Crippen LogP contribution in [0.1, 0.15) is 11.1 Å². The molecular formula is C16H12F10N6P6. The maximum Gasteiger partial charge on any atom is 0.423 e. The van der Waals surface area contributed by atoms with E-state index in [2.05, 4.69) is 18.1 Å². The van der Waals surface area contributed by atoms with Crippen LogP contribution in [0.15, 0.2) is 99.4 Å². The molecule has 2 aliphatic rings. The third kappa shape index (κ3) is 7.41. The van der Waals surface area contributed by atoms with Gasteiger partial charge in [-0.15, -0.1) is 42.6 Å². The monoisotopic (exact) mass is 664 g/mol. The second-order valence-electron chi connectivity index (χ2n) is 7.32. The van der Waals surface area contributed by atoms with Gasteiger partial charge in [0, 0.05) is 11.6 Å². The summed E-state index contributed by atoms with van der Waals surface area (Å²) in [6, 6.07) is 13.3. The Balaban J connectivity index is 2.12. The van der Waals surface area contributed by atoms with E-state index >= 15 is 8.39 Å². The van der Waals surface area contributed by atoms with E-state index < -0.39 is 57.5 Å². The molecular weight excluding hydrogens is 652 g/mol. The van der Waals surface area contributed by atoms with Crippen LogP contribution in [0.3, 0.4) is 0 Å². The second-order valence-corrected chi connectivity index (χ2v) is 18.0. The van der Waals surface area contributed by atoms with E-state index in [0.717, 1.165) is 0 Å². The highest BCUT2D eigenvalue weighted by molar-refractivity contribution is 7.81. The van der Waals surface area contributed by atoms with E-state index in [9.17, 15) is 33.6 Å². The largest absolute Gasteiger partial charge is 0.423 e. The Labute approximate surface area is 210 Å². The molecule has 2 aromatic rings. The fourth-order valence-corrected chi connectivity index (χ4v) is 15.0. The Morgan fingerprint density at radius 2 is 0.711 bits per heavy atom. The molecule has 38 heavy (non-hydrogen) atoms. The summed E-state index contributed by atoms with van der Waals surface area (Å²) in [5.74, 6) is 0.442. The van der Waals surface area contributed by atoms with Crippen LogP contribution in [0, 0.1) is 0 Å². The van der Waals surface area contributed by atoms with Crippen LogP contribution in [-0.4, -0.2) is 0 Å². The number of nitrogens with zero attached hydrogens (tertiary/aromatic N) is 6. The quantitative estimate of drug-likeness (QED) is 0.173. The molecule has 4 rings (SSSR count). The van der Waals surface area contributed by atoms with Crippen molar-refractivity contribution in [3.05, 3.63) is 83.4 Å². The molecule has 22 heteroatoms. The highest BCUT2D eigenvalue weighted by Gasteiger charge is 2.40. The molecule has 6 nitrogen and oxygen atoms in total. The standard InChI is InChI=1S/C16H12F10N6P6/c17-33(27-35(19,20)31-36(21,22)28-33)11-15(13-7-3-1-4-8-13)16(14-9-5-2-6-10-14)12-34(18)29-37(23,24)32-38(25,26)30-34/h1-12H/b15-11+,16-12+. The van der Waals surface area contributed by atoms with Gasteiger partial charge in [0.2, 0.25) is 0 Å². The predicted molar refractivity (Wildman–Crippen MR) is 136 cm³/mol. The zero-order valence-electron chi connectivity index (χ0n) is 18.1. The highest BCUT2D eigenvalue weighted by atomic mass is 31.3. The van der Waals surface area contributed by atoms with Crippen molar-refractivity contribution >= 4 is 57.5 Å². The molecule has 0 aromatic heterocycles. The van der Waals surface area contributed by atoms with Crippen molar-refractivity contribution < 1.29 is 42.0 Å². The van der Waals surface area contributed by atoms with Gasteiger partial charge in [-0.1, -0.05) is 60.7 Å². The highest BCUT2D eigenvalue weighted by Crippen LogP contribution is 2.84. The molecule has 2 heterocycles. The molecule has 0 saturated heterocycles. The first kappa shape index (κ1) is 29.6. The van der Waals surface area contributed by atoms with Gasteiger partial charge in [-0.3, -0.25) is 0 Å². The van der Waals surface area contributed by atoms with Gasteiger partial charge in [-0.25, -0.2) is 0 Å². The van der Waals surface area contributed by atoms with Crippen molar-refractivity contribution in [2.75, 3.05) is 0 Å². The van der Waals surface area contributed by atoms with Crippen molar-refractivity contribution in [2.24, 2.45) is 27.1 Å². The lowest BCUT2D eigenvalue weighted by Crippen LogP contribution is -1.92. The Hall–Kier alpha value is -1.40. The second kappa shape index (κ2) is 10.2. The summed E-state index contributed by atoms with van der Waals surface area (Å²) in [6.45, 7) is 0. The van der Waals surface area contributed by atoms with Crippen LogP contribution >= 0.6 is 46.3 Å². The average molecular weight is 664 g/mol. The Bertz CT molecular complexity index is 1540. The number of hydrogen-bond acceptors (Lipinski definition) is 6. The van der Waals surface area contributed by atoms with Crippen LogP contribution in [0.4, 0.5) is 42.0 Å². The minimum Gasteiger partial charge on any atom is -0.178 e. The fourth-order valence-electron chi connectivity index (χ4n) is 3.24. The summed E-state index contributed by atoms with van der Waals surface area (Å²) in [6.07, 6.45) is 0. The molecule has 0 amide bonds. The van der Waals surface area contributed by atoms with E-state index in [4.69, 9.17) is 0 Å². The molecule has 0 fully saturated rings. The van der Waals surface area contributed by atoms with Crippen LogP contribution in [0.5, 0.6) is 0 Å². The van der Waals surface area contributed by atoms with Gasteiger partial charge in [0.15, 0.2) is 0 Å². The summed E-state index contributed by atoms with van der Waals surface area (Å²) in [4.78, 5) is 0. The van der Waals surface area contributed by atoms with Crippen LogP contribution in [-0.2, 0) is 0 Å². The van der Waals surface area contributed by atoms with Gasteiger partial charge in [0.1, 0.15) is 0 Å². The molecule has 2 unspecified atom stereocenters. The lowest BCUT2D eigenvalue weighted by atomic mass is 9.95. The maximum absolute atomic E-state index is 15.6. The number of hydrogen-bond donors (Lipinski definition) is 0. The molecule has 206 valence electrons. The minimum atomic E-state index is -6.15. The molecule has 2 aromatic carbocycles. The summed E-state index contributed by atoms with van der Waals surface area (Å²) < 4.78 is 157. The molecule has 0 bridgehead atoms. The summed E-state index contributed by atoms with van der Waals surface area (Å²) in [7, 11) is -35.7. The number of rotatable bonds is 5. The summed E-state index contributed by atoms with van der Waals surface area (Å²) in [5, 5.41) is 0. The maximum atomic E-state index is 15.6. The van der Waals surface area contributed by atoms with E-state index in [0.29, 0.717) is 0 Å². The molecule has 2 aliphatic heterocycles. The van der Waals surface area contributed by atoms with Gasteiger partial charge in [-0.2, -0.15) is 26.5 Å². The first-order valence-corrected chi connectivity index (χ1v) is 19.0.